The van der Waals surface area contributed by atoms with Crippen molar-refractivity contribution in [2.75, 3.05) is 23.0 Å². The van der Waals surface area contributed by atoms with Crippen molar-refractivity contribution in [3.63, 3.8) is 0 Å². The van der Waals surface area contributed by atoms with Crippen LogP contribution in [0.15, 0.2) is 99.8 Å². The summed E-state index contributed by atoms with van der Waals surface area (Å²) >= 11 is 0. The van der Waals surface area contributed by atoms with Crippen LogP contribution in [0.25, 0.3) is 6.08 Å². The molecule has 0 radical (unpaired) electrons. The number of rotatable bonds is 8. The molecule has 3 aromatic rings. The van der Waals surface area contributed by atoms with Crippen LogP contribution >= 0.6 is 0 Å². The van der Waals surface area contributed by atoms with Gasteiger partial charge in [-0.1, -0.05) is 30.3 Å². The molecule has 1 aliphatic rings. The van der Waals surface area contributed by atoms with E-state index in [0.717, 1.165) is 30.0 Å². The molecule has 1 aliphatic heterocycles. The predicted octanol–water partition coefficient (Wildman–Crippen LogP) is 5.86. The monoisotopic (exact) mass is 467 g/mol. The van der Waals surface area contributed by atoms with E-state index in [2.05, 4.69) is 34.1 Å². The minimum atomic E-state index is -0.384. The Hall–Kier alpha value is -4.59. The van der Waals surface area contributed by atoms with Crippen molar-refractivity contribution < 1.29 is 14.3 Å². The molecule has 0 saturated carbocycles. The number of carbonyl (C=O) groups excluding carboxylic acids is 2. The van der Waals surface area contributed by atoms with E-state index in [0.29, 0.717) is 11.4 Å². The van der Waals surface area contributed by atoms with Crippen LogP contribution in [0.3, 0.4) is 0 Å². The molecule has 1 amide bonds. The minimum Gasteiger partial charge on any atom is -0.407 e. The van der Waals surface area contributed by atoms with Gasteiger partial charge in [0.25, 0.3) is 18.3 Å². The lowest BCUT2D eigenvalue weighted by Gasteiger charge is -2.20. The fraction of sp³-hybridized carbons (Fsp3) is 0.148. The van der Waals surface area contributed by atoms with Gasteiger partial charge in [0.1, 0.15) is 5.57 Å². The molecule has 0 aromatic heterocycles. The van der Waals surface area contributed by atoms with Gasteiger partial charge in [-0.25, -0.2) is 0 Å². The number of para-hydroxylation sites is 1. The summed E-state index contributed by atoms with van der Waals surface area (Å²) in [7, 11) is 0. The third kappa shape index (κ3) is 5.50. The average Bonchev–Trinajstić information content (AvgIpc) is 3.20. The molecule has 176 valence electrons. The van der Waals surface area contributed by atoms with Crippen molar-refractivity contribution in [3.8, 4) is 0 Å². The van der Waals surface area contributed by atoms with E-state index in [4.69, 9.17) is 4.74 Å². The summed E-state index contributed by atoms with van der Waals surface area (Å²) in [5, 5.41) is 14.0. The third-order valence-corrected chi connectivity index (χ3v) is 5.47. The second-order valence-corrected chi connectivity index (χ2v) is 7.61. The van der Waals surface area contributed by atoms with Crippen molar-refractivity contribution in [1.29, 1.82) is 0 Å². The van der Waals surface area contributed by atoms with E-state index in [1.54, 1.807) is 42.5 Å². The summed E-state index contributed by atoms with van der Waals surface area (Å²) in [6, 6.07) is 24.1. The summed E-state index contributed by atoms with van der Waals surface area (Å²) in [5.74, 6) is -0.434. The first kappa shape index (κ1) is 23.6. The Kier molecular flexibility index (Phi) is 7.42. The molecule has 0 bridgehead atoms. The van der Waals surface area contributed by atoms with Gasteiger partial charge in [0.15, 0.2) is 0 Å². The van der Waals surface area contributed by atoms with Crippen LogP contribution in [0, 0.1) is 0 Å². The molecule has 8 heteroatoms. The van der Waals surface area contributed by atoms with E-state index < -0.39 is 0 Å². The summed E-state index contributed by atoms with van der Waals surface area (Å²) in [6.07, 6.45) is 1.63. The lowest BCUT2D eigenvalue weighted by molar-refractivity contribution is -0.121. The summed E-state index contributed by atoms with van der Waals surface area (Å²) in [5.41, 5.74) is 4.07. The van der Waals surface area contributed by atoms with E-state index >= 15 is 0 Å². The molecule has 35 heavy (non-hydrogen) atoms. The molecular formula is C27H25N5O3. The Morgan fingerprint density at radius 3 is 2.06 bits per heavy atom. The number of azo groups is 1. The second-order valence-electron chi connectivity index (χ2n) is 7.61. The first-order valence-electron chi connectivity index (χ1n) is 11.3. The normalized spacial score (nSPS) is 14.5. The molecule has 3 aromatic carbocycles. The van der Waals surface area contributed by atoms with Gasteiger partial charge in [0.05, 0.1) is 17.1 Å². The Morgan fingerprint density at radius 1 is 0.886 bits per heavy atom. The van der Waals surface area contributed by atoms with Gasteiger partial charge < -0.3 is 9.64 Å². The van der Waals surface area contributed by atoms with Crippen LogP contribution in [0.2, 0.25) is 0 Å². The Balaban J connectivity index is 1.49. The number of hydrogen-bond donors (Lipinski definition) is 0. The highest BCUT2D eigenvalue weighted by atomic mass is 16.5. The number of benzene rings is 3. The molecule has 0 fully saturated rings. The first-order chi connectivity index (χ1) is 17.1. The van der Waals surface area contributed by atoms with Crippen LogP contribution < -0.4 is 9.91 Å². The van der Waals surface area contributed by atoms with Crippen LogP contribution in [0.5, 0.6) is 0 Å². The number of hydrazone groups is 1. The predicted molar refractivity (Wildman–Crippen MR) is 137 cm³/mol. The van der Waals surface area contributed by atoms with E-state index in [1.807, 2.05) is 42.5 Å². The van der Waals surface area contributed by atoms with Crippen molar-refractivity contribution in [3.05, 3.63) is 90.0 Å². The minimum absolute atomic E-state index is 0.0502. The number of hydrogen-bond acceptors (Lipinski definition) is 7. The van der Waals surface area contributed by atoms with Crippen molar-refractivity contribution >= 4 is 47.1 Å². The Morgan fingerprint density at radius 2 is 1.49 bits per heavy atom. The SMILES string of the molecule is CCN(CC)c1ccc(N=Nc2ccc(C=C3C(=O)N(c4ccccc4)N=C3OC=O)cc2)cc1. The molecule has 0 unspecified atom stereocenters. The molecule has 0 saturated heterocycles. The van der Waals surface area contributed by atoms with Crippen molar-refractivity contribution in [2.24, 2.45) is 15.3 Å². The zero-order chi connectivity index (χ0) is 24.6. The fourth-order valence-electron chi connectivity index (χ4n) is 3.63. The highest BCUT2D eigenvalue weighted by Crippen LogP contribution is 2.26. The van der Waals surface area contributed by atoms with Crippen LogP contribution in [-0.2, 0) is 14.3 Å². The van der Waals surface area contributed by atoms with Gasteiger partial charge in [0, 0.05) is 18.8 Å². The maximum Gasteiger partial charge on any atom is 0.299 e. The Bertz CT molecular complexity index is 1260. The van der Waals surface area contributed by atoms with Gasteiger partial charge in [0.2, 0.25) is 0 Å². The largest absolute Gasteiger partial charge is 0.407 e. The number of nitrogens with zero attached hydrogens (tertiary/aromatic N) is 5. The smallest absolute Gasteiger partial charge is 0.299 e. The van der Waals surface area contributed by atoms with Crippen molar-refractivity contribution in [2.45, 2.75) is 13.8 Å². The highest BCUT2D eigenvalue weighted by Gasteiger charge is 2.32. The lowest BCUT2D eigenvalue weighted by atomic mass is 10.1. The fourth-order valence-corrected chi connectivity index (χ4v) is 3.63. The van der Waals surface area contributed by atoms with Gasteiger partial charge >= 0.3 is 0 Å². The number of ether oxygens (including phenoxy) is 1. The second kappa shape index (κ2) is 11.0. The molecular weight excluding hydrogens is 442 g/mol. The summed E-state index contributed by atoms with van der Waals surface area (Å²) in [4.78, 5) is 26.1. The van der Waals surface area contributed by atoms with Gasteiger partial charge in [-0.2, -0.15) is 15.2 Å². The Labute approximate surface area is 203 Å². The molecule has 0 spiro atoms. The quantitative estimate of drug-likeness (QED) is 0.236. The maximum atomic E-state index is 12.9. The van der Waals surface area contributed by atoms with Crippen molar-refractivity contribution in [1.82, 2.24) is 0 Å². The zero-order valence-corrected chi connectivity index (χ0v) is 19.5. The molecule has 0 N–H and O–H groups in total. The average molecular weight is 468 g/mol. The van der Waals surface area contributed by atoms with Crippen LogP contribution in [0.1, 0.15) is 19.4 Å². The standard InChI is InChI=1S/C27H25N5O3/c1-3-31(4-2)23-16-14-22(15-17-23)29-28-21-12-10-20(11-13-21)18-25-26(35-19-33)30-32(27(25)34)24-8-6-5-7-9-24/h5-19H,3-4H2,1-2H3. The van der Waals surface area contributed by atoms with E-state index in [1.165, 1.54) is 5.01 Å². The number of amides is 1. The lowest BCUT2D eigenvalue weighted by Crippen LogP contribution is -2.21. The topological polar surface area (TPSA) is 86.9 Å². The highest BCUT2D eigenvalue weighted by molar-refractivity contribution is 6.31. The zero-order valence-electron chi connectivity index (χ0n) is 19.5. The van der Waals surface area contributed by atoms with Gasteiger partial charge in [-0.05, 0) is 74.0 Å². The van der Waals surface area contributed by atoms with Crippen LogP contribution in [-0.4, -0.2) is 31.4 Å². The van der Waals surface area contributed by atoms with Gasteiger partial charge in [-0.15, -0.1) is 5.10 Å². The maximum absolute atomic E-state index is 12.9. The number of carbonyl (C=O) groups is 2. The van der Waals surface area contributed by atoms with E-state index in [-0.39, 0.29) is 23.9 Å². The molecule has 0 aliphatic carbocycles. The molecule has 4 rings (SSSR count). The van der Waals surface area contributed by atoms with Gasteiger partial charge in [-0.3, -0.25) is 9.59 Å². The van der Waals surface area contributed by atoms with Crippen LogP contribution in [0.4, 0.5) is 22.7 Å². The number of anilines is 2. The summed E-state index contributed by atoms with van der Waals surface area (Å²) in [6.45, 7) is 6.41. The van der Waals surface area contributed by atoms with E-state index in [9.17, 15) is 9.59 Å². The first-order valence-corrected chi connectivity index (χ1v) is 11.3. The molecule has 8 nitrogen and oxygen atoms in total. The third-order valence-electron chi connectivity index (χ3n) is 5.47. The molecule has 0 atom stereocenters. The summed E-state index contributed by atoms with van der Waals surface area (Å²) < 4.78 is 4.96. The molecule has 1 heterocycles.